The summed E-state index contributed by atoms with van der Waals surface area (Å²) in [6.07, 6.45) is 0. The fourth-order valence-electron chi connectivity index (χ4n) is 2.03. The van der Waals surface area contributed by atoms with E-state index in [9.17, 15) is 4.39 Å². The minimum absolute atomic E-state index is 0.184. The lowest BCUT2D eigenvalue weighted by Crippen LogP contribution is -1.88. The molecule has 0 saturated carbocycles. The van der Waals surface area contributed by atoms with E-state index in [1.807, 2.05) is 24.3 Å². The first-order valence-electron chi connectivity index (χ1n) is 5.92. The van der Waals surface area contributed by atoms with E-state index in [1.54, 1.807) is 12.1 Å². The largest absolute Gasteiger partial charge is 0.367 e. The SMILES string of the molecule is Nc1onc(-c2ccc(I)cc2)c1-c1cccc(F)c1. The molecular formula is C15H10FIN2O. The topological polar surface area (TPSA) is 52.0 Å². The fraction of sp³-hybridized carbons (Fsp3) is 0. The van der Waals surface area contributed by atoms with Crippen LogP contribution in [0, 0.1) is 9.39 Å². The number of hydrogen-bond acceptors (Lipinski definition) is 3. The van der Waals surface area contributed by atoms with Gasteiger partial charge in [-0.1, -0.05) is 29.4 Å². The van der Waals surface area contributed by atoms with Gasteiger partial charge in [0.1, 0.15) is 11.5 Å². The number of anilines is 1. The van der Waals surface area contributed by atoms with Gasteiger partial charge in [0.2, 0.25) is 5.88 Å². The molecule has 3 nitrogen and oxygen atoms in total. The number of nitrogen functional groups attached to an aromatic ring is 1. The average Bonchev–Trinajstić information content (AvgIpc) is 2.81. The van der Waals surface area contributed by atoms with Crippen LogP contribution in [0.1, 0.15) is 0 Å². The molecule has 2 N–H and O–H groups in total. The smallest absolute Gasteiger partial charge is 0.230 e. The third-order valence-electron chi connectivity index (χ3n) is 2.95. The Hall–Kier alpha value is -1.89. The molecule has 0 aliphatic carbocycles. The van der Waals surface area contributed by atoms with E-state index in [0.717, 1.165) is 9.13 Å². The Kier molecular flexibility index (Phi) is 3.43. The van der Waals surface area contributed by atoms with Gasteiger partial charge in [0, 0.05) is 9.13 Å². The van der Waals surface area contributed by atoms with Gasteiger partial charge in [-0.3, -0.25) is 0 Å². The molecule has 0 radical (unpaired) electrons. The van der Waals surface area contributed by atoms with Crippen LogP contribution in [0.2, 0.25) is 0 Å². The van der Waals surface area contributed by atoms with Crippen molar-refractivity contribution in [3.05, 3.63) is 57.9 Å². The standard InChI is InChI=1S/C15H10FIN2O/c16-11-3-1-2-10(8-11)13-14(19-20-15(13)18)9-4-6-12(17)7-5-9/h1-8H,18H2. The molecule has 1 heterocycles. The van der Waals surface area contributed by atoms with Gasteiger partial charge in [-0.2, -0.15) is 0 Å². The quantitative estimate of drug-likeness (QED) is 0.674. The van der Waals surface area contributed by atoms with E-state index < -0.39 is 0 Å². The maximum Gasteiger partial charge on any atom is 0.230 e. The second-order valence-electron chi connectivity index (χ2n) is 4.29. The highest BCUT2D eigenvalue weighted by Crippen LogP contribution is 2.36. The highest BCUT2D eigenvalue weighted by molar-refractivity contribution is 14.1. The molecule has 0 aliphatic rings. The molecule has 0 atom stereocenters. The monoisotopic (exact) mass is 380 g/mol. The minimum atomic E-state index is -0.323. The van der Waals surface area contributed by atoms with Crippen LogP contribution >= 0.6 is 22.6 Å². The fourth-order valence-corrected chi connectivity index (χ4v) is 2.39. The molecule has 100 valence electrons. The number of benzene rings is 2. The number of nitrogens with zero attached hydrogens (tertiary/aromatic N) is 1. The molecule has 0 unspecified atom stereocenters. The Labute approximate surface area is 128 Å². The predicted octanol–water partition coefficient (Wildman–Crippen LogP) is 4.33. The molecule has 2 aromatic carbocycles. The Bertz CT molecular complexity index is 753. The summed E-state index contributed by atoms with van der Waals surface area (Å²) in [6, 6.07) is 14.0. The first kappa shape index (κ1) is 13.1. The summed E-state index contributed by atoms with van der Waals surface area (Å²) in [7, 11) is 0. The Balaban J connectivity index is 2.17. The Morgan fingerprint density at radius 2 is 1.80 bits per heavy atom. The van der Waals surface area contributed by atoms with Crippen LogP contribution in [0.25, 0.3) is 22.4 Å². The van der Waals surface area contributed by atoms with Gasteiger partial charge >= 0.3 is 0 Å². The minimum Gasteiger partial charge on any atom is -0.367 e. The van der Waals surface area contributed by atoms with Crippen LogP contribution in [0.4, 0.5) is 10.3 Å². The molecule has 0 aliphatic heterocycles. The Morgan fingerprint density at radius 1 is 1.05 bits per heavy atom. The zero-order valence-electron chi connectivity index (χ0n) is 10.3. The maximum atomic E-state index is 13.4. The number of rotatable bonds is 2. The molecule has 5 heteroatoms. The van der Waals surface area contributed by atoms with Crippen molar-refractivity contribution < 1.29 is 8.91 Å². The van der Waals surface area contributed by atoms with E-state index in [4.69, 9.17) is 10.3 Å². The molecule has 0 spiro atoms. The van der Waals surface area contributed by atoms with Gasteiger partial charge in [0.25, 0.3) is 0 Å². The van der Waals surface area contributed by atoms with Crippen LogP contribution in [0.3, 0.4) is 0 Å². The lowest BCUT2D eigenvalue weighted by atomic mass is 10.0. The van der Waals surface area contributed by atoms with Crippen LogP contribution in [-0.2, 0) is 0 Å². The summed E-state index contributed by atoms with van der Waals surface area (Å²) >= 11 is 2.23. The molecule has 0 amide bonds. The van der Waals surface area contributed by atoms with Crippen LogP contribution in [0.5, 0.6) is 0 Å². The summed E-state index contributed by atoms with van der Waals surface area (Å²) in [6.45, 7) is 0. The van der Waals surface area contributed by atoms with Crippen LogP contribution < -0.4 is 5.73 Å². The summed E-state index contributed by atoms with van der Waals surface area (Å²) in [5.74, 6) is -0.138. The molecule has 0 bridgehead atoms. The first-order chi connectivity index (χ1) is 9.65. The van der Waals surface area contributed by atoms with Gasteiger partial charge in [0.15, 0.2) is 0 Å². The molecule has 0 saturated heterocycles. The van der Waals surface area contributed by atoms with Gasteiger partial charge in [0.05, 0.1) is 5.56 Å². The van der Waals surface area contributed by atoms with Crippen LogP contribution in [-0.4, -0.2) is 5.16 Å². The van der Waals surface area contributed by atoms with Crippen molar-refractivity contribution in [2.24, 2.45) is 0 Å². The number of hydrogen-bond donors (Lipinski definition) is 1. The van der Waals surface area contributed by atoms with E-state index >= 15 is 0 Å². The van der Waals surface area contributed by atoms with Crippen molar-refractivity contribution >= 4 is 28.5 Å². The Morgan fingerprint density at radius 3 is 2.50 bits per heavy atom. The van der Waals surface area contributed by atoms with Crippen LogP contribution in [0.15, 0.2) is 53.1 Å². The molecule has 1 aromatic heterocycles. The zero-order valence-corrected chi connectivity index (χ0v) is 12.5. The second-order valence-corrected chi connectivity index (χ2v) is 5.53. The third kappa shape index (κ3) is 2.40. The highest BCUT2D eigenvalue weighted by Gasteiger charge is 2.17. The zero-order chi connectivity index (χ0) is 14.1. The second kappa shape index (κ2) is 5.24. The summed E-state index contributed by atoms with van der Waals surface area (Å²) < 4.78 is 19.6. The van der Waals surface area contributed by atoms with Crippen molar-refractivity contribution in [2.75, 3.05) is 5.73 Å². The predicted molar refractivity (Wildman–Crippen MR) is 84.5 cm³/mol. The first-order valence-corrected chi connectivity index (χ1v) is 7.00. The molecule has 3 aromatic rings. The van der Waals surface area contributed by atoms with E-state index in [2.05, 4.69) is 27.7 Å². The summed E-state index contributed by atoms with van der Waals surface area (Å²) in [5.41, 5.74) is 8.60. The van der Waals surface area contributed by atoms with Gasteiger partial charge in [-0.15, -0.1) is 0 Å². The maximum absolute atomic E-state index is 13.4. The van der Waals surface area contributed by atoms with Crippen molar-refractivity contribution in [2.45, 2.75) is 0 Å². The van der Waals surface area contributed by atoms with Gasteiger partial charge in [-0.25, -0.2) is 4.39 Å². The number of halogens is 2. The van der Waals surface area contributed by atoms with E-state index in [-0.39, 0.29) is 11.7 Å². The third-order valence-corrected chi connectivity index (χ3v) is 3.67. The lowest BCUT2D eigenvalue weighted by molar-refractivity contribution is 0.439. The van der Waals surface area contributed by atoms with Gasteiger partial charge in [-0.05, 0) is 52.4 Å². The normalized spacial score (nSPS) is 10.7. The summed E-state index contributed by atoms with van der Waals surface area (Å²) in [4.78, 5) is 0. The van der Waals surface area contributed by atoms with Crippen molar-refractivity contribution in [1.29, 1.82) is 0 Å². The highest BCUT2D eigenvalue weighted by atomic mass is 127. The van der Waals surface area contributed by atoms with Gasteiger partial charge < -0.3 is 10.3 Å². The number of aromatic nitrogens is 1. The molecular weight excluding hydrogens is 370 g/mol. The molecule has 3 rings (SSSR count). The lowest BCUT2D eigenvalue weighted by Gasteiger charge is -2.03. The van der Waals surface area contributed by atoms with E-state index in [1.165, 1.54) is 12.1 Å². The number of nitrogens with two attached hydrogens (primary N) is 1. The van der Waals surface area contributed by atoms with Crippen molar-refractivity contribution in [3.8, 4) is 22.4 Å². The average molecular weight is 380 g/mol. The molecule has 0 fully saturated rings. The van der Waals surface area contributed by atoms with Crippen molar-refractivity contribution in [1.82, 2.24) is 5.16 Å². The van der Waals surface area contributed by atoms with Crippen molar-refractivity contribution in [3.63, 3.8) is 0 Å². The summed E-state index contributed by atoms with van der Waals surface area (Å²) in [5, 5.41) is 4.00. The van der Waals surface area contributed by atoms with E-state index in [0.29, 0.717) is 16.8 Å². The molecule has 20 heavy (non-hydrogen) atoms.